The molecule has 1 aliphatic rings. The van der Waals surface area contributed by atoms with E-state index >= 15 is 0 Å². The molecule has 0 unspecified atom stereocenters. The average molecular weight is 364 g/mol. The molecule has 0 fully saturated rings. The normalized spacial score (nSPS) is 14.9. The third kappa shape index (κ3) is 2.95. The molecule has 0 spiro atoms. The molecule has 0 amide bonds. The number of aromatic nitrogens is 3. The van der Waals surface area contributed by atoms with Crippen molar-refractivity contribution in [2.75, 3.05) is 0 Å². The third-order valence-corrected chi connectivity index (χ3v) is 5.08. The maximum absolute atomic E-state index is 4.52. The molecule has 0 bridgehead atoms. The van der Waals surface area contributed by atoms with Gasteiger partial charge in [0.25, 0.3) is 0 Å². The van der Waals surface area contributed by atoms with Crippen molar-refractivity contribution in [2.45, 2.75) is 5.92 Å². The molecule has 3 aromatic heterocycles. The summed E-state index contributed by atoms with van der Waals surface area (Å²) in [4.78, 5) is 14.6. The molecule has 4 aromatic rings. The van der Waals surface area contributed by atoms with E-state index in [0.29, 0.717) is 0 Å². The fourth-order valence-electron chi connectivity index (χ4n) is 3.79. The van der Waals surface area contributed by atoms with Crippen LogP contribution in [0.2, 0.25) is 0 Å². The zero-order chi connectivity index (χ0) is 18.8. The quantitative estimate of drug-likeness (QED) is 0.433. The van der Waals surface area contributed by atoms with Crippen LogP contribution >= 0.6 is 0 Å². The molecule has 5 rings (SSSR count). The largest absolute Gasteiger partial charge is 0.364 e. The first-order valence-electron chi connectivity index (χ1n) is 9.36. The van der Waals surface area contributed by atoms with Gasteiger partial charge >= 0.3 is 0 Å². The second-order valence-electron chi connectivity index (χ2n) is 6.79. The maximum Gasteiger partial charge on any atom is 0.0729 e. The summed E-state index contributed by atoms with van der Waals surface area (Å²) in [7, 11) is 0. The molecule has 1 aliphatic heterocycles. The van der Waals surface area contributed by atoms with Crippen LogP contribution in [0.15, 0.2) is 102 Å². The summed E-state index contributed by atoms with van der Waals surface area (Å²) in [5.41, 5.74) is 7.86. The van der Waals surface area contributed by atoms with Crippen molar-refractivity contribution in [2.24, 2.45) is 4.99 Å². The Bertz CT molecular complexity index is 1080. The van der Waals surface area contributed by atoms with E-state index in [2.05, 4.69) is 62.4 Å². The van der Waals surface area contributed by atoms with E-state index < -0.39 is 0 Å². The molecule has 136 valence electrons. The van der Waals surface area contributed by atoms with Gasteiger partial charge in [-0.1, -0.05) is 24.3 Å². The van der Waals surface area contributed by atoms with Crippen molar-refractivity contribution in [3.8, 4) is 0 Å². The Hall–Kier alpha value is -3.79. The van der Waals surface area contributed by atoms with Crippen molar-refractivity contribution in [1.82, 2.24) is 15.0 Å². The van der Waals surface area contributed by atoms with Gasteiger partial charge in [0.1, 0.15) is 0 Å². The lowest BCUT2D eigenvalue weighted by atomic mass is 9.90. The molecule has 28 heavy (non-hydrogen) atoms. The van der Waals surface area contributed by atoms with E-state index in [0.717, 1.165) is 22.5 Å². The summed E-state index contributed by atoms with van der Waals surface area (Å²) in [5, 5.41) is 0. The molecule has 3 N–H and O–H groups in total. The SMILES string of the molecule is C1=C/C(=C(\c2ccc(C(c3ccc[nH]3)c3ccc[nH]3)cc2)c2ccc[nH]2)N=C1. The summed E-state index contributed by atoms with van der Waals surface area (Å²) in [6, 6.07) is 21.2. The highest BCUT2D eigenvalue weighted by atomic mass is 14.8. The fourth-order valence-corrected chi connectivity index (χ4v) is 3.79. The highest BCUT2D eigenvalue weighted by Gasteiger charge is 2.19. The van der Waals surface area contributed by atoms with Gasteiger partial charge in [0, 0.05) is 47.5 Å². The van der Waals surface area contributed by atoms with Gasteiger partial charge in [0.2, 0.25) is 0 Å². The van der Waals surface area contributed by atoms with E-state index in [9.17, 15) is 0 Å². The lowest BCUT2D eigenvalue weighted by Crippen LogP contribution is -2.04. The molecule has 4 heterocycles. The Morgan fingerprint density at radius 1 is 0.750 bits per heavy atom. The Balaban J connectivity index is 1.57. The van der Waals surface area contributed by atoms with Crippen LogP contribution in [0.5, 0.6) is 0 Å². The minimum absolute atomic E-state index is 0.144. The number of aromatic amines is 3. The van der Waals surface area contributed by atoms with E-state index in [1.54, 1.807) is 0 Å². The molecule has 0 aliphatic carbocycles. The lowest BCUT2D eigenvalue weighted by Gasteiger charge is -2.16. The fraction of sp³-hybridized carbons (Fsp3) is 0.0417. The van der Waals surface area contributed by atoms with Crippen molar-refractivity contribution < 1.29 is 0 Å². The molecule has 1 aromatic carbocycles. The first-order valence-corrected chi connectivity index (χ1v) is 9.36. The van der Waals surface area contributed by atoms with Crippen LogP contribution in [-0.4, -0.2) is 21.2 Å². The van der Waals surface area contributed by atoms with Gasteiger partial charge < -0.3 is 15.0 Å². The monoisotopic (exact) mass is 364 g/mol. The Kier molecular flexibility index (Phi) is 4.14. The van der Waals surface area contributed by atoms with Gasteiger partial charge in [-0.15, -0.1) is 0 Å². The highest BCUT2D eigenvalue weighted by molar-refractivity contribution is 5.88. The zero-order valence-electron chi connectivity index (χ0n) is 15.3. The predicted octanol–water partition coefficient (Wildman–Crippen LogP) is 5.25. The summed E-state index contributed by atoms with van der Waals surface area (Å²) in [6.45, 7) is 0. The topological polar surface area (TPSA) is 59.7 Å². The van der Waals surface area contributed by atoms with Crippen LogP contribution in [0.1, 0.15) is 34.1 Å². The van der Waals surface area contributed by atoms with Gasteiger partial charge in [-0.25, -0.2) is 0 Å². The van der Waals surface area contributed by atoms with Gasteiger partial charge in [-0.2, -0.15) is 0 Å². The molecular formula is C24H20N4. The molecular weight excluding hydrogens is 344 g/mol. The molecule has 0 saturated carbocycles. The zero-order valence-corrected chi connectivity index (χ0v) is 15.3. The number of rotatable bonds is 5. The van der Waals surface area contributed by atoms with Gasteiger partial charge in [0.05, 0.1) is 11.6 Å². The van der Waals surface area contributed by atoms with Crippen LogP contribution in [0.25, 0.3) is 5.57 Å². The number of hydrogen-bond acceptors (Lipinski definition) is 1. The number of nitrogens with zero attached hydrogens (tertiary/aromatic N) is 1. The third-order valence-electron chi connectivity index (χ3n) is 5.08. The second kappa shape index (κ2) is 7.08. The van der Waals surface area contributed by atoms with Crippen LogP contribution in [0.4, 0.5) is 0 Å². The lowest BCUT2D eigenvalue weighted by molar-refractivity contribution is 0.897. The van der Waals surface area contributed by atoms with E-state index in [4.69, 9.17) is 0 Å². The number of aliphatic imine (C=N–C) groups is 1. The predicted molar refractivity (Wildman–Crippen MR) is 113 cm³/mol. The number of allylic oxidation sites excluding steroid dienone is 2. The van der Waals surface area contributed by atoms with Gasteiger partial charge in [-0.3, -0.25) is 4.99 Å². The maximum atomic E-state index is 4.52. The van der Waals surface area contributed by atoms with Gasteiger partial charge in [0.15, 0.2) is 0 Å². The van der Waals surface area contributed by atoms with Crippen molar-refractivity contribution >= 4 is 11.8 Å². The standard InChI is InChI=1S/C24H20N4/c1-5-19(25-13-1)23(20-6-2-14-26-20)17-9-11-18(12-10-17)24(21-7-3-15-27-21)22-8-4-16-28-22/h1-16,23,25-27H/b24-22-. The van der Waals surface area contributed by atoms with E-state index in [-0.39, 0.29) is 5.92 Å². The molecule has 4 heteroatoms. The first kappa shape index (κ1) is 16.4. The van der Waals surface area contributed by atoms with Crippen molar-refractivity contribution in [1.29, 1.82) is 0 Å². The number of benzene rings is 1. The Morgan fingerprint density at radius 2 is 1.43 bits per heavy atom. The summed E-state index contributed by atoms with van der Waals surface area (Å²) < 4.78 is 0. The first-order chi connectivity index (χ1) is 13.9. The molecule has 0 radical (unpaired) electrons. The summed E-state index contributed by atoms with van der Waals surface area (Å²) >= 11 is 0. The van der Waals surface area contributed by atoms with Crippen LogP contribution in [0.3, 0.4) is 0 Å². The molecule has 0 saturated heterocycles. The minimum atomic E-state index is 0.144. The van der Waals surface area contributed by atoms with Crippen molar-refractivity contribution in [3.05, 3.63) is 125 Å². The van der Waals surface area contributed by atoms with E-state index in [1.807, 2.05) is 55.2 Å². The van der Waals surface area contributed by atoms with Crippen molar-refractivity contribution in [3.63, 3.8) is 0 Å². The summed E-state index contributed by atoms with van der Waals surface area (Å²) in [6.07, 6.45) is 11.7. The average Bonchev–Trinajstić information content (AvgIpc) is 3.52. The smallest absolute Gasteiger partial charge is 0.0729 e. The number of nitrogens with one attached hydrogen (secondary N) is 3. The highest BCUT2D eigenvalue weighted by Crippen LogP contribution is 2.33. The number of H-pyrrole nitrogens is 3. The molecule has 0 atom stereocenters. The van der Waals surface area contributed by atoms with Crippen LogP contribution < -0.4 is 0 Å². The second-order valence-corrected chi connectivity index (χ2v) is 6.79. The Morgan fingerprint density at radius 3 is 1.96 bits per heavy atom. The Labute approximate surface area is 163 Å². The van der Waals surface area contributed by atoms with E-state index in [1.165, 1.54) is 17.0 Å². The van der Waals surface area contributed by atoms with Crippen LogP contribution in [0, 0.1) is 0 Å². The number of hydrogen-bond donors (Lipinski definition) is 3. The minimum Gasteiger partial charge on any atom is -0.364 e. The van der Waals surface area contributed by atoms with Crippen LogP contribution in [-0.2, 0) is 0 Å². The molecule has 4 nitrogen and oxygen atoms in total. The van der Waals surface area contributed by atoms with Gasteiger partial charge in [-0.05, 0) is 59.7 Å². The summed E-state index contributed by atoms with van der Waals surface area (Å²) in [5.74, 6) is 0.144.